The van der Waals surface area contributed by atoms with Crippen molar-refractivity contribution in [3.05, 3.63) is 65.7 Å². The van der Waals surface area contributed by atoms with E-state index in [0.29, 0.717) is 0 Å². The second-order valence-electron chi connectivity index (χ2n) is 3.95. The molecule has 86 valence electrons. The van der Waals surface area contributed by atoms with Crippen molar-refractivity contribution in [2.45, 2.75) is 13.8 Å². The van der Waals surface area contributed by atoms with E-state index >= 15 is 0 Å². The van der Waals surface area contributed by atoms with Gasteiger partial charge in [-0.1, -0.05) is 53.2 Å². The number of nitrogens with zero attached hydrogens (tertiary/aromatic N) is 1. The summed E-state index contributed by atoms with van der Waals surface area (Å²) in [7, 11) is 0. The van der Waals surface area contributed by atoms with Gasteiger partial charge in [0.2, 0.25) is 0 Å². The fourth-order valence-electron chi connectivity index (χ4n) is 1.45. The SMILES string of the molecule is C/C(=N\Oc1ccc(C)cc1)c1ccccc1. The highest BCUT2D eigenvalue weighted by Crippen LogP contribution is 2.12. The van der Waals surface area contributed by atoms with Crippen LogP contribution in [0.3, 0.4) is 0 Å². The molecule has 2 heteroatoms. The molecule has 17 heavy (non-hydrogen) atoms. The maximum absolute atomic E-state index is 5.37. The van der Waals surface area contributed by atoms with Crippen LogP contribution in [0.15, 0.2) is 59.8 Å². The van der Waals surface area contributed by atoms with Gasteiger partial charge >= 0.3 is 0 Å². The largest absolute Gasteiger partial charge is 0.357 e. The van der Waals surface area contributed by atoms with E-state index in [1.165, 1.54) is 5.56 Å². The molecule has 0 saturated heterocycles. The Balaban J connectivity index is 2.08. The molecular weight excluding hydrogens is 210 g/mol. The van der Waals surface area contributed by atoms with Crippen LogP contribution >= 0.6 is 0 Å². The maximum atomic E-state index is 5.37. The summed E-state index contributed by atoms with van der Waals surface area (Å²) in [6.07, 6.45) is 0. The first-order valence-corrected chi connectivity index (χ1v) is 5.59. The summed E-state index contributed by atoms with van der Waals surface area (Å²) < 4.78 is 0. The van der Waals surface area contributed by atoms with Gasteiger partial charge in [0.05, 0.1) is 5.71 Å². The van der Waals surface area contributed by atoms with Crippen molar-refractivity contribution in [1.82, 2.24) is 0 Å². The summed E-state index contributed by atoms with van der Waals surface area (Å²) in [5.41, 5.74) is 3.15. The van der Waals surface area contributed by atoms with Gasteiger partial charge < -0.3 is 4.84 Å². The van der Waals surface area contributed by atoms with E-state index in [1.54, 1.807) is 0 Å². The lowest BCUT2D eigenvalue weighted by molar-refractivity contribution is 0.341. The summed E-state index contributed by atoms with van der Waals surface area (Å²) in [6.45, 7) is 3.98. The highest BCUT2D eigenvalue weighted by atomic mass is 16.6. The first-order valence-electron chi connectivity index (χ1n) is 5.59. The zero-order valence-electron chi connectivity index (χ0n) is 10.1. The highest BCUT2D eigenvalue weighted by molar-refractivity contribution is 5.98. The summed E-state index contributed by atoms with van der Waals surface area (Å²) in [5, 5.41) is 4.11. The molecule has 0 amide bonds. The molecule has 0 aliphatic carbocycles. The number of hydrogen-bond acceptors (Lipinski definition) is 2. The monoisotopic (exact) mass is 225 g/mol. The smallest absolute Gasteiger partial charge is 0.157 e. The third-order valence-electron chi connectivity index (χ3n) is 2.50. The average Bonchev–Trinajstić information content (AvgIpc) is 2.39. The van der Waals surface area contributed by atoms with E-state index in [0.717, 1.165) is 17.0 Å². The molecule has 0 radical (unpaired) electrons. The van der Waals surface area contributed by atoms with Crippen molar-refractivity contribution < 1.29 is 4.84 Å². The zero-order valence-corrected chi connectivity index (χ0v) is 10.1. The molecule has 0 unspecified atom stereocenters. The quantitative estimate of drug-likeness (QED) is 0.575. The predicted octanol–water partition coefficient (Wildman–Crippen LogP) is 3.80. The van der Waals surface area contributed by atoms with Crippen LogP contribution in [-0.2, 0) is 0 Å². The standard InChI is InChI=1S/C15H15NO/c1-12-8-10-15(11-9-12)17-16-13(2)14-6-4-3-5-7-14/h3-11H,1-2H3/b16-13+. The Bertz CT molecular complexity index is 500. The zero-order chi connectivity index (χ0) is 12.1. The van der Waals surface area contributed by atoms with Crippen LogP contribution in [0.1, 0.15) is 18.1 Å². The number of rotatable bonds is 3. The molecule has 0 atom stereocenters. The molecule has 0 saturated carbocycles. The Morgan fingerprint density at radius 2 is 1.59 bits per heavy atom. The second-order valence-corrected chi connectivity index (χ2v) is 3.95. The Kier molecular flexibility index (Phi) is 3.55. The van der Waals surface area contributed by atoms with Gasteiger partial charge in [-0.3, -0.25) is 0 Å². The lowest BCUT2D eigenvalue weighted by Crippen LogP contribution is -1.97. The van der Waals surface area contributed by atoms with Crippen molar-refractivity contribution in [1.29, 1.82) is 0 Å². The molecule has 2 aromatic carbocycles. The second kappa shape index (κ2) is 5.30. The number of hydrogen-bond donors (Lipinski definition) is 0. The molecule has 2 rings (SSSR count). The van der Waals surface area contributed by atoms with Crippen molar-refractivity contribution in [2.75, 3.05) is 0 Å². The molecular formula is C15H15NO. The third kappa shape index (κ3) is 3.18. The van der Waals surface area contributed by atoms with Crippen molar-refractivity contribution in [3.8, 4) is 5.75 Å². The Hall–Kier alpha value is -2.09. The van der Waals surface area contributed by atoms with Gasteiger partial charge in [-0.25, -0.2) is 0 Å². The van der Waals surface area contributed by atoms with E-state index in [1.807, 2.05) is 68.4 Å². The van der Waals surface area contributed by atoms with E-state index in [2.05, 4.69) is 5.16 Å². The fraction of sp³-hybridized carbons (Fsp3) is 0.133. The van der Waals surface area contributed by atoms with Crippen LogP contribution in [0.4, 0.5) is 0 Å². The minimum Gasteiger partial charge on any atom is -0.357 e. The number of aryl methyl sites for hydroxylation is 1. The lowest BCUT2D eigenvalue weighted by atomic mass is 10.1. The molecule has 0 aliphatic rings. The van der Waals surface area contributed by atoms with Crippen LogP contribution in [0, 0.1) is 6.92 Å². The molecule has 2 nitrogen and oxygen atoms in total. The van der Waals surface area contributed by atoms with Gasteiger partial charge in [-0.05, 0) is 31.5 Å². The molecule has 2 aromatic rings. The third-order valence-corrected chi connectivity index (χ3v) is 2.50. The minimum atomic E-state index is 0.755. The molecule has 0 aromatic heterocycles. The normalized spacial score (nSPS) is 11.3. The molecule has 0 bridgehead atoms. The lowest BCUT2D eigenvalue weighted by Gasteiger charge is -2.02. The number of oxime groups is 1. The summed E-state index contributed by atoms with van der Waals surface area (Å²) in [4.78, 5) is 5.37. The first-order chi connectivity index (χ1) is 8.25. The maximum Gasteiger partial charge on any atom is 0.157 e. The summed E-state index contributed by atoms with van der Waals surface area (Å²) >= 11 is 0. The van der Waals surface area contributed by atoms with Crippen LogP contribution in [0.2, 0.25) is 0 Å². The van der Waals surface area contributed by atoms with Gasteiger partial charge in [0.25, 0.3) is 0 Å². The van der Waals surface area contributed by atoms with E-state index in [-0.39, 0.29) is 0 Å². The van der Waals surface area contributed by atoms with Crippen molar-refractivity contribution >= 4 is 5.71 Å². The van der Waals surface area contributed by atoms with Gasteiger partial charge in [-0.15, -0.1) is 0 Å². The Morgan fingerprint density at radius 3 is 2.24 bits per heavy atom. The Morgan fingerprint density at radius 1 is 0.941 bits per heavy atom. The van der Waals surface area contributed by atoms with Crippen LogP contribution < -0.4 is 4.84 Å². The molecule has 0 N–H and O–H groups in total. The topological polar surface area (TPSA) is 21.6 Å². The van der Waals surface area contributed by atoms with Crippen LogP contribution in [0.25, 0.3) is 0 Å². The summed E-state index contributed by atoms with van der Waals surface area (Å²) in [6, 6.07) is 17.8. The number of benzene rings is 2. The fourth-order valence-corrected chi connectivity index (χ4v) is 1.45. The molecule has 0 fully saturated rings. The highest BCUT2D eigenvalue weighted by Gasteiger charge is 1.97. The van der Waals surface area contributed by atoms with E-state index in [4.69, 9.17) is 4.84 Å². The Labute approximate surface area is 102 Å². The summed E-state index contributed by atoms with van der Waals surface area (Å²) in [5.74, 6) is 0.755. The van der Waals surface area contributed by atoms with Gasteiger partial charge in [-0.2, -0.15) is 0 Å². The van der Waals surface area contributed by atoms with Crippen molar-refractivity contribution in [3.63, 3.8) is 0 Å². The van der Waals surface area contributed by atoms with Crippen LogP contribution in [-0.4, -0.2) is 5.71 Å². The van der Waals surface area contributed by atoms with Gasteiger partial charge in [0.1, 0.15) is 0 Å². The predicted molar refractivity (Wildman–Crippen MR) is 70.5 cm³/mol. The average molecular weight is 225 g/mol. The van der Waals surface area contributed by atoms with Crippen LogP contribution in [0.5, 0.6) is 5.75 Å². The minimum absolute atomic E-state index is 0.755. The molecule has 0 aliphatic heterocycles. The van der Waals surface area contributed by atoms with Gasteiger partial charge in [0.15, 0.2) is 5.75 Å². The molecule has 0 heterocycles. The van der Waals surface area contributed by atoms with E-state index in [9.17, 15) is 0 Å². The first kappa shape index (κ1) is 11.4. The molecule has 0 spiro atoms. The van der Waals surface area contributed by atoms with Gasteiger partial charge in [0, 0.05) is 0 Å². The van der Waals surface area contributed by atoms with Crippen molar-refractivity contribution in [2.24, 2.45) is 5.16 Å². The van der Waals surface area contributed by atoms with E-state index < -0.39 is 0 Å².